The van der Waals surface area contributed by atoms with Crippen molar-refractivity contribution in [3.63, 3.8) is 0 Å². The molecule has 0 heterocycles. The molecule has 7 nitrogen and oxygen atoms in total. The van der Waals surface area contributed by atoms with Crippen molar-refractivity contribution in [2.45, 2.75) is 19.4 Å². The zero-order chi connectivity index (χ0) is 14.4. The summed E-state index contributed by atoms with van der Waals surface area (Å²) in [5.74, 6) is -0.863. The summed E-state index contributed by atoms with van der Waals surface area (Å²) in [5, 5.41) is 12.2. The molecule has 0 aliphatic heterocycles. The van der Waals surface area contributed by atoms with Crippen LogP contribution in [0, 0.1) is 0 Å². The van der Waals surface area contributed by atoms with Crippen LogP contribution in [0.25, 0.3) is 0 Å². The zero-order valence-electron chi connectivity index (χ0n) is 11.0. The van der Waals surface area contributed by atoms with Crippen molar-refractivity contribution >= 4 is 16.0 Å². The molecule has 0 radical (unpaired) electrons. The number of aliphatic hydroxyl groups excluding tert-OH is 1. The van der Waals surface area contributed by atoms with Crippen molar-refractivity contribution in [3.8, 4) is 0 Å². The van der Waals surface area contributed by atoms with Crippen LogP contribution in [-0.2, 0) is 14.9 Å². The lowest BCUT2D eigenvalue weighted by molar-refractivity contribution is -0.893. The van der Waals surface area contributed by atoms with Gasteiger partial charge in [0.2, 0.25) is 5.91 Å². The van der Waals surface area contributed by atoms with E-state index in [2.05, 4.69) is 5.32 Å². The molecule has 0 saturated heterocycles. The third-order valence-electron chi connectivity index (χ3n) is 2.42. The number of nitrogens with one attached hydrogen (secondary N) is 1. The Labute approximate surface area is 108 Å². The molecule has 1 amide bonds. The van der Waals surface area contributed by atoms with E-state index in [0.29, 0.717) is 24.0 Å². The molecule has 0 bridgehead atoms. The largest absolute Gasteiger partial charge is 0.748 e. The Morgan fingerprint density at radius 1 is 1.44 bits per heavy atom. The van der Waals surface area contributed by atoms with E-state index in [4.69, 9.17) is 0 Å². The van der Waals surface area contributed by atoms with Crippen molar-refractivity contribution in [1.29, 1.82) is 0 Å². The number of quaternary nitrogens is 1. The molecule has 18 heavy (non-hydrogen) atoms. The highest BCUT2D eigenvalue weighted by Crippen LogP contribution is 2.03. The van der Waals surface area contributed by atoms with Crippen LogP contribution in [0.1, 0.15) is 13.3 Å². The van der Waals surface area contributed by atoms with Gasteiger partial charge in [0.05, 0.1) is 36.5 Å². The second-order valence-corrected chi connectivity index (χ2v) is 6.51. The SMILES string of the molecule is CC(=O)NCCC[N+](C)(C)CC(O)CS(=O)(=O)[O-]. The number of rotatable bonds is 8. The van der Waals surface area contributed by atoms with E-state index in [1.165, 1.54) is 6.92 Å². The number of aliphatic hydroxyl groups is 1. The first-order valence-electron chi connectivity index (χ1n) is 5.70. The predicted octanol–water partition coefficient (Wildman–Crippen LogP) is -1.50. The highest BCUT2D eigenvalue weighted by molar-refractivity contribution is 7.85. The van der Waals surface area contributed by atoms with E-state index in [-0.39, 0.29) is 12.5 Å². The Hall–Kier alpha value is -0.700. The number of nitrogens with zero attached hydrogens (tertiary/aromatic N) is 1. The van der Waals surface area contributed by atoms with Gasteiger partial charge in [0.1, 0.15) is 12.6 Å². The molecular weight excluding hydrogens is 260 g/mol. The van der Waals surface area contributed by atoms with Crippen LogP contribution >= 0.6 is 0 Å². The molecule has 1 atom stereocenters. The van der Waals surface area contributed by atoms with Crippen molar-refractivity contribution in [3.05, 3.63) is 0 Å². The summed E-state index contributed by atoms with van der Waals surface area (Å²) in [4.78, 5) is 10.6. The predicted molar refractivity (Wildman–Crippen MR) is 65.7 cm³/mol. The highest BCUT2D eigenvalue weighted by Gasteiger charge is 2.21. The average Bonchev–Trinajstić information content (AvgIpc) is 2.07. The summed E-state index contributed by atoms with van der Waals surface area (Å²) >= 11 is 0. The minimum Gasteiger partial charge on any atom is -0.748 e. The standard InChI is InChI=1S/C10H22N2O5S/c1-9(13)11-5-4-6-12(2,3)7-10(14)8-18(15,16)17/h10,14H,4-8H2,1-3H3,(H-,11,13,15,16,17). The van der Waals surface area contributed by atoms with Gasteiger partial charge in [-0.05, 0) is 0 Å². The van der Waals surface area contributed by atoms with Crippen LogP contribution < -0.4 is 5.32 Å². The van der Waals surface area contributed by atoms with Gasteiger partial charge in [-0.2, -0.15) is 0 Å². The summed E-state index contributed by atoms with van der Waals surface area (Å²) < 4.78 is 31.9. The van der Waals surface area contributed by atoms with Crippen LogP contribution in [-0.4, -0.2) is 74.1 Å². The summed E-state index contributed by atoms with van der Waals surface area (Å²) in [6.07, 6.45) is -0.452. The van der Waals surface area contributed by atoms with Crippen LogP contribution in [0.4, 0.5) is 0 Å². The fraction of sp³-hybridized carbons (Fsp3) is 0.900. The van der Waals surface area contributed by atoms with Crippen molar-refractivity contribution < 1.29 is 27.4 Å². The van der Waals surface area contributed by atoms with E-state index in [1.54, 1.807) is 0 Å². The zero-order valence-corrected chi connectivity index (χ0v) is 11.9. The Kier molecular flexibility index (Phi) is 6.76. The second-order valence-electron chi connectivity index (χ2n) is 5.06. The molecule has 0 aliphatic rings. The summed E-state index contributed by atoms with van der Waals surface area (Å²) in [6, 6.07) is 0. The maximum Gasteiger partial charge on any atom is 0.216 e. The number of carbonyl (C=O) groups excluding carboxylic acids is 1. The van der Waals surface area contributed by atoms with E-state index < -0.39 is 22.0 Å². The van der Waals surface area contributed by atoms with Crippen molar-refractivity contribution in [2.24, 2.45) is 0 Å². The van der Waals surface area contributed by atoms with Crippen LogP contribution in [0.2, 0.25) is 0 Å². The fourth-order valence-corrected chi connectivity index (χ4v) is 2.30. The molecule has 8 heteroatoms. The topological polar surface area (TPSA) is 107 Å². The molecule has 0 saturated carbocycles. The molecule has 0 aromatic rings. The minimum absolute atomic E-state index is 0.0993. The van der Waals surface area contributed by atoms with Gasteiger partial charge in [-0.15, -0.1) is 0 Å². The van der Waals surface area contributed by atoms with E-state index in [9.17, 15) is 22.9 Å². The molecule has 0 aliphatic carbocycles. The van der Waals surface area contributed by atoms with Gasteiger partial charge < -0.3 is 19.5 Å². The first-order chi connectivity index (χ1) is 8.02. The van der Waals surface area contributed by atoms with Crippen molar-refractivity contribution in [2.75, 3.05) is 39.5 Å². The lowest BCUT2D eigenvalue weighted by Gasteiger charge is -2.32. The number of likely N-dealkylation sites (N-methyl/N-ethyl adjacent to an activating group) is 1. The Bertz CT molecular complexity index is 366. The first-order valence-corrected chi connectivity index (χ1v) is 7.28. The van der Waals surface area contributed by atoms with Crippen LogP contribution in [0.3, 0.4) is 0 Å². The smallest absolute Gasteiger partial charge is 0.216 e. The molecule has 1 unspecified atom stereocenters. The third kappa shape index (κ3) is 10.5. The molecule has 0 aromatic carbocycles. The summed E-state index contributed by atoms with van der Waals surface area (Å²) in [6.45, 7) is 2.81. The van der Waals surface area contributed by atoms with Crippen LogP contribution in [0.5, 0.6) is 0 Å². The van der Waals surface area contributed by atoms with Gasteiger partial charge in [0.25, 0.3) is 0 Å². The van der Waals surface area contributed by atoms with Crippen LogP contribution in [0.15, 0.2) is 0 Å². The molecule has 0 aromatic heterocycles. The Morgan fingerprint density at radius 3 is 2.44 bits per heavy atom. The molecule has 0 rings (SSSR count). The minimum atomic E-state index is -4.40. The third-order valence-corrected chi connectivity index (χ3v) is 3.21. The molecule has 0 fully saturated rings. The van der Waals surface area contributed by atoms with E-state index in [0.717, 1.165) is 0 Å². The fourth-order valence-electron chi connectivity index (χ4n) is 1.72. The van der Waals surface area contributed by atoms with Gasteiger partial charge in [-0.1, -0.05) is 0 Å². The lowest BCUT2D eigenvalue weighted by Crippen LogP contribution is -2.48. The quantitative estimate of drug-likeness (QED) is 0.320. The summed E-state index contributed by atoms with van der Waals surface area (Å²) in [7, 11) is -0.744. The lowest BCUT2D eigenvalue weighted by atomic mass is 10.3. The number of hydrogen-bond acceptors (Lipinski definition) is 5. The van der Waals surface area contributed by atoms with Gasteiger partial charge in [0.15, 0.2) is 0 Å². The second kappa shape index (κ2) is 7.03. The molecule has 0 spiro atoms. The maximum absolute atomic E-state index is 10.6. The first kappa shape index (κ1) is 17.3. The van der Waals surface area contributed by atoms with Crippen molar-refractivity contribution in [1.82, 2.24) is 5.32 Å². The van der Waals surface area contributed by atoms with E-state index in [1.807, 2.05) is 14.1 Å². The Balaban J connectivity index is 4.02. The van der Waals surface area contributed by atoms with Gasteiger partial charge in [0, 0.05) is 19.9 Å². The Morgan fingerprint density at radius 2 is 2.00 bits per heavy atom. The van der Waals surface area contributed by atoms with E-state index >= 15 is 0 Å². The molecular formula is C10H22N2O5S. The highest BCUT2D eigenvalue weighted by atomic mass is 32.2. The van der Waals surface area contributed by atoms with Gasteiger partial charge in [-0.25, -0.2) is 8.42 Å². The molecule has 2 N–H and O–H groups in total. The monoisotopic (exact) mass is 282 g/mol. The van der Waals surface area contributed by atoms with Gasteiger partial charge in [-0.3, -0.25) is 4.79 Å². The number of hydrogen-bond donors (Lipinski definition) is 2. The number of amides is 1. The normalized spacial score (nSPS) is 14.3. The average molecular weight is 282 g/mol. The number of carbonyl (C=O) groups is 1. The van der Waals surface area contributed by atoms with Gasteiger partial charge >= 0.3 is 0 Å². The maximum atomic E-state index is 10.6. The molecule has 108 valence electrons. The summed E-state index contributed by atoms with van der Waals surface area (Å²) in [5.41, 5.74) is 0.